The van der Waals surface area contributed by atoms with Crippen molar-refractivity contribution in [2.45, 2.75) is 12.8 Å². The SMILES string of the molecule is O=C(c1ccc([N+](=O)[O-])cc1)N(CCc1nn[nH]n1)CCc1nn[nH]n1. The molecule has 13 heteroatoms. The maximum atomic E-state index is 12.8. The number of amides is 1. The number of hydrogen-bond donors (Lipinski definition) is 2. The Kier molecular flexibility index (Phi) is 5.16. The minimum Gasteiger partial charge on any atom is -0.338 e. The molecule has 1 amide bonds. The predicted molar refractivity (Wildman–Crippen MR) is 84.8 cm³/mol. The van der Waals surface area contributed by atoms with E-state index in [1.165, 1.54) is 24.3 Å². The third-order valence-electron chi connectivity index (χ3n) is 3.60. The summed E-state index contributed by atoms with van der Waals surface area (Å²) < 4.78 is 0. The summed E-state index contributed by atoms with van der Waals surface area (Å²) in [5.41, 5.74) is 0.267. The first kappa shape index (κ1) is 17.1. The van der Waals surface area contributed by atoms with Crippen LogP contribution in [-0.4, -0.2) is 70.1 Å². The molecule has 26 heavy (non-hydrogen) atoms. The number of hydrogen-bond acceptors (Lipinski definition) is 9. The van der Waals surface area contributed by atoms with Gasteiger partial charge in [0.2, 0.25) is 0 Å². The molecule has 0 saturated heterocycles. The van der Waals surface area contributed by atoms with Crippen LogP contribution in [0.3, 0.4) is 0 Å². The Hall–Kier alpha value is -3.77. The van der Waals surface area contributed by atoms with E-state index >= 15 is 0 Å². The van der Waals surface area contributed by atoms with Gasteiger partial charge < -0.3 is 4.90 Å². The van der Waals surface area contributed by atoms with Gasteiger partial charge in [-0.2, -0.15) is 10.4 Å². The van der Waals surface area contributed by atoms with E-state index in [9.17, 15) is 14.9 Å². The van der Waals surface area contributed by atoms with Crippen molar-refractivity contribution in [1.29, 1.82) is 0 Å². The lowest BCUT2D eigenvalue weighted by atomic mass is 10.1. The van der Waals surface area contributed by atoms with Crippen molar-refractivity contribution in [3.63, 3.8) is 0 Å². The summed E-state index contributed by atoms with van der Waals surface area (Å²) in [7, 11) is 0. The lowest BCUT2D eigenvalue weighted by Crippen LogP contribution is -2.35. The number of rotatable bonds is 8. The summed E-state index contributed by atoms with van der Waals surface area (Å²) >= 11 is 0. The number of aromatic amines is 2. The maximum Gasteiger partial charge on any atom is 0.269 e. The van der Waals surface area contributed by atoms with Gasteiger partial charge >= 0.3 is 0 Å². The lowest BCUT2D eigenvalue weighted by Gasteiger charge is -2.21. The van der Waals surface area contributed by atoms with E-state index in [2.05, 4.69) is 41.2 Å². The molecule has 2 aromatic heterocycles. The molecule has 0 bridgehead atoms. The number of nitrogens with one attached hydrogen (secondary N) is 2. The number of benzene rings is 1. The Morgan fingerprint density at radius 2 is 1.54 bits per heavy atom. The summed E-state index contributed by atoms with van der Waals surface area (Å²) in [5, 5.41) is 37.9. The zero-order valence-electron chi connectivity index (χ0n) is 13.4. The van der Waals surface area contributed by atoms with E-state index in [4.69, 9.17) is 0 Å². The molecule has 0 aliphatic heterocycles. The summed E-state index contributed by atoms with van der Waals surface area (Å²) in [5.74, 6) is 0.684. The standard InChI is InChI=1S/C13H14N10O3/c24-13(9-1-3-10(4-2-9)23(25)26)22(7-5-11-14-18-19-15-11)8-6-12-16-20-21-17-12/h1-4H,5-8H2,(H,14,15,18,19)(H,16,17,20,21). The smallest absolute Gasteiger partial charge is 0.269 e. The van der Waals surface area contributed by atoms with Crippen LogP contribution in [0.1, 0.15) is 22.0 Å². The van der Waals surface area contributed by atoms with E-state index in [0.717, 1.165) is 0 Å². The third kappa shape index (κ3) is 4.19. The fraction of sp³-hybridized carbons (Fsp3) is 0.308. The zero-order chi connectivity index (χ0) is 18.4. The van der Waals surface area contributed by atoms with Crippen LogP contribution in [0.15, 0.2) is 24.3 Å². The Morgan fingerprint density at radius 1 is 1.00 bits per heavy atom. The van der Waals surface area contributed by atoms with E-state index < -0.39 is 4.92 Å². The molecule has 0 spiro atoms. The van der Waals surface area contributed by atoms with Gasteiger partial charge in [0.15, 0.2) is 11.6 Å². The second kappa shape index (κ2) is 7.87. The van der Waals surface area contributed by atoms with E-state index in [1.54, 1.807) is 4.90 Å². The molecule has 3 rings (SSSR count). The van der Waals surface area contributed by atoms with Crippen molar-refractivity contribution in [2.75, 3.05) is 13.1 Å². The van der Waals surface area contributed by atoms with Crippen molar-refractivity contribution in [1.82, 2.24) is 46.1 Å². The van der Waals surface area contributed by atoms with Crippen LogP contribution < -0.4 is 0 Å². The Bertz CT molecular complexity index is 809. The van der Waals surface area contributed by atoms with Crippen molar-refractivity contribution in [2.24, 2.45) is 0 Å². The average molecular weight is 358 g/mol. The maximum absolute atomic E-state index is 12.8. The van der Waals surface area contributed by atoms with Gasteiger partial charge in [-0.3, -0.25) is 14.9 Å². The number of carbonyl (C=O) groups excluding carboxylic acids is 1. The molecule has 1 aromatic carbocycles. The quantitative estimate of drug-likeness (QED) is 0.399. The molecular formula is C13H14N10O3. The second-order valence-electron chi connectivity index (χ2n) is 5.25. The molecule has 0 saturated carbocycles. The van der Waals surface area contributed by atoms with Crippen LogP contribution >= 0.6 is 0 Å². The monoisotopic (exact) mass is 358 g/mol. The molecule has 0 aliphatic rings. The number of tetrazole rings is 2. The van der Waals surface area contributed by atoms with Crippen LogP contribution in [0, 0.1) is 10.1 Å². The minimum absolute atomic E-state index is 0.0771. The van der Waals surface area contributed by atoms with Crippen LogP contribution in [0.4, 0.5) is 5.69 Å². The minimum atomic E-state index is -0.515. The van der Waals surface area contributed by atoms with Gasteiger partial charge in [-0.05, 0) is 12.1 Å². The van der Waals surface area contributed by atoms with Crippen molar-refractivity contribution in [3.8, 4) is 0 Å². The number of aromatic nitrogens is 8. The fourth-order valence-corrected chi connectivity index (χ4v) is 2.27. The molecule has 0 fully saturated rings. The van der Waals surface area contributed by atoms with Crippen molar-refractivity contribution < 1.29 is 9.72 Å². The Balaban J connectivity index is 1.71. The first-order chi connectivity index (χ1) is 12.6. The molecular weight excluding hydrogens is 344 g/mol. The number of nitro benzene ring substituents is 1. The lowest BCUT2D eigenvalue weighted by molar-refractivity contribution is -0.384. The molecule has 0 radical (unpaired) electrons. The molecule has 2 heterocycles. The Labute approximate surface area is 145 Å². The van der Waals surface area contributed by atoms with E-state index in [0.29, 0.717) is 43.1 Å². The largest absolute Gasteiger partial charge is 0.338 e. The molecule has 134 valence electrons. The van der Waals surface area contributed by atoms with Gasteiger partial charge in [0.1, 0.15) is 0 Å². The second-order valence-corrected chi connectivity index (χ2v) is 5.25. The summed E-state index contributed by atoms with van der Waals surface area (Å²) in [6.45, 7) is 0.681. The summed E-state index contributed by atoms with van der Waals surface area (Å²) in [6.07, 6.45) is 0.808. The highest BCUT2D eigenvalue weighted by atomic mass is 16.6. The van der Waals surface area contributed by atoms with Gasteiger partial charge in [0.25, 0.3) is 11.6 Å². The number of H-pyrrole nitrogens is 2. The van der Waals surface area contributed by atoms with Crippen LogP contribution in [0.25, 0.3) is 0 Å². The van der Waals surface area contributed by atoms with Gasteiger partial charge in [-0.1, -0.05) is 10.4 Å². The fourth-order valence-electron chi connectivity index (χ4n) is 2.27. The number of nitro groups is 1. The van der Waals surface area contributed by atoms with E-state index in [1.807, 2.05) is 0 Å². The third-order valence-corrected chi connectivity index (χ3v) is 3.60. The van der Waals surface area contributed by atoms with Crippen molar-refractivity contribution in [3.05, 3.63) is 51.6 Å². The zero-order valence-corrected chi connectivity index (χ0v) is 13.4. The van der Waals surface area contributed by atoms with E-state index in [-0.39, 0.29) is 11.6 Å². The molecule has 13 nitrogen and oxygen atoms in total. The molecule has 3 aromatic rings. The summed E-state index contributed by atoms with van der Waals surface area (Å²) in [4.78, 5) is 24.6. The molecule has 2 N–H and O–H groups in total. The predicted octanol–water partition coefficient (Wildman–Crippen LogP) is -0.451. The number of carbonyl (C=O) groups is 1. The summed E-state index contributed by atoms with van der Waals surface area (Å²) in [6, 6.07) is 5.44. The molecule has 0 unspecified atom stereocenters. The topological polar surface area (TPSA) is 172 Å². The van der Waals surface area contributed by atoms with Crippen LogP contribution in [-0.2, 0) is 12.8 Å². The molecule has 0 atom stereocenters. The van der Waals surface area contributed by atoms with Gasteiger partial charge in [0, 0.05) is 43.6 Å². The van der Waals surface area contributed by atoms with Crippen molar-refractivity contribution >= 4 is 11.6 Å². The van der Waals surface area contributed by atoms with Gasteiger partial charge in [-0.25, -0.2) is 0 Å². The Morgan fingerprint density at radius 3 is 1.96 bits per heavy atom. The normalized spacial score (nSPS) is 10.6. The highest BCUT2D eigenvalue weighted by molar-refractivity contribution is 5.94. The highest BCUT2D eigenvalue weighted by Crippen LogP contribution is 2.14. The van der Waals surface area contributed by atoms with Gasteiger partial charge in [0.05, 0.1) is 4.92 Å². The molecule has 0 aliphatic carbocycles. The van der Waals surface area contributed by atoms with Gasteiger partial charge in [-0.15, -0.1) is 20.4 Å². The highest BCUT2D eigenvalue weighted by Gasteiger charge is 2.18. The van der Waals surface area contributed by atoms with Crippen LogP contribution in [0.2, 0.25) is 0 Å². The van der Waals surface area contributed by atoms with Crippen LogP contribution in [0.5, 0.6) is 0 Å². The first-order valence-electron chi connectivity index (χ1n) is 7.62. The first-order valence-corrected chi connectivity index (χ1v) is 7.62. The average Bonchev–Trinajstić information content (AvgIpc) is 3.35. The number of nitrogens with zero attached hydrogens (tertiary/aromatic N) is 8. The number of non-ortho nitro benzene ring substituents is 1.